The fraction of sp³-hybridized carbons (Fsp3) is 0.231. The number of thiazole rings is 1. The standard InChI is InChI=1S/C26H25N3O4S2/c30-25(17-26-28-23-11-8-21(16-24(23)34-26)20-4-2-1-3-5-20)27-18-19-6-9-22(10-7-19)35(31,32)29-12-14-33-15-13-29/h1-11,16H,12-15,17-18H2,(H,27,30). The van der Waals surface area contributed by atoms with Crippen molar-refractivity contribution in [3.05, 3.63) is 83.4 Å². The second-order valence-corrected chi connectivity index (χ2v) is 11.3. The first-order valence-corrected chi connectivity index (χ1v) is 13.6. The van der Waals surface area contributed by atoms with Gasteiger partial charge in [0.15, 0.2) is 0 Å². The van der Waals surface area contributed by atoms with Crippen LogP contribution in [0.3, 0.4) is 0 Å². The molecule has 1 aromatic heterocycles. The Bertz CT molecular complexity index is 1430. The number of nitrogens with zero attached hydrogens (tertiary/aromatic N) is 2. The van der Waals surface area contributed by atoms with E-state index in [1.54, 1.807) is 24.3 Å². The fourth-order valence-electron chi connectivity index (χ4n) is 3.97. The first-order valence-electron chi connectivity index (χ1n) is 11.4. The van der Waals surface area contributed by atoms with Crippen LogP contribution >= 0.6 is 11.3 Å². The minimum absolute atomic E-state index is 0.127. The highest BCUT2D eigenvalue weighted by Gasteiger charge is 2.26. The summed E-state index contributed by atoms with van der Waals surface area (Å²) < 4.78 is 33.2. The average Bonchev–Trinajstić information content (AvgIpc) is 3.30. The van der Waals surface area contributed by atoms with E-state index in [1.807, 2.05) is 30.3 Å². The number of fused-ring (bicyclic) bond motifs is 1. The average molecular weight is 508 g/mol. The Hall–Kier alpha value is -3.11. The molecule has 9 heteroatoms. The third-order valence-electron chi connectivity index (χ3n) is 5.87. The number of aromatic nitrogens is 1. The third kappa shape index (κ3) is 5.43. The highest BCUT2D eigenvalue weighted by Crippen LogP contribution is 2.28. The van der Waals surface area contributed by atoms with Gasteiger partial charge >= 0.3 is 0 Å². The zero-order valence-corrected chi connectivity index (χ0v) is 20.6. The largest absolute Gasteiger partial charge is 0.379 e. The van der Waals surface area contributed by atoms with Crippen LogP contribution in [0.2, 0.25) is 0 Å². The summed E-state index contributed by atoms with van der Waals surface area (Å²) in [5.41, 5.74) is 3.98. The van der Waals surface area contributed by atoms with Crippen LogP contribution in [0.25, 0.3) is 21.3 Å². The zero-order chi connectivity index (χ0) is 24.3. The molecule has 0 saturated carbocycles. The lowest BCUT2D eigenvalue weighted by Crippen LogP contribution is -2.40. The maximum absolute atomic E-state index is 12.7. The minimum atomic E-state index is -3.53. The van der Waals surface area contributed by atoms with Crippen LogP contribution in [-0.2, 0) is 32.5 Å². The lowest BCUT2D eigenvalue weighted by molar-refractivity contribution is -0.120. The first-order chi connectivity index (χ1) is 17.0. The number of carbonyl (C=O) groups is 1. The van der Waals surface area contributed by atoms with Crippen LogP contribution in [0.1, 0.15) is 10.6 Å². The summed E-state index contributed by atoms with van der Waals surface area (Å²) in [6.07, 6.45) is 0.198. The van der Waals surface area contributed by atoms with Crippen molar-refractivity contribution in [2.45, 2.75) is 17.9 Å². The summed E-state index contributed by atoms with van der Waals surface area (Å²) in [4.78, 5) is 17.4. The number of nitrogens with one attached hydrogen (secondary N) is 1. The van der Waals surface area contributed by atoms with E-state index in [-0.39, 0.29) is 17.2 Å². The quantitative estimate of drug-likeness (QED) is 0.411. The van der Waals surface area contributed by atoms with Gasteiger partial charge < -0.3 is 10.1 Å². The van der Waals surface area contributed by atoms with Crippen molar-refractivity contribution in [1.82, 2.24) is 14.6 Å². The molecule has 0 spiro atoms. The van der Waals surface area contributed by atoms with Crippen LogP contribution in [0.15, 0.2) is 77.7 Å². The molecule has 1 N–H and O–H groups in total. The molecule has 180 valence electrons. The van der Waals surface area contributed by atoms with E-state index in [9.17, 15) is 13.2 Å². The Labute approximate surface area is 208 Å². The lowest BCUT2D eigenvalue weighted by atomic mass is 10.1. The molecule has 0 radical (unpaired) electrons. The van der Waals surface area contributed by atoms with Crippen molar-refractivity contribution in [3.63, 3.8) is 0 Å². The maximum atomic E-state index is 12.7. The van der Waals surface area contributed by atoms with E-state index in [4.69, 9.17) is 4.74 Å². The summed E-state index contributed by atoms with van der Waals surface area (Å²) >= 11 is 1.52. The fourth-order valence-corrected chi connectivity index (χ4v) is 6.39. The molecule has 3 aromatic carbocycles. The second kappa shape index (κ2) is 10.2. The Kier molecular flexibility index (Phi) is 6.92. The number of ether oxygens (including phenoxy) is 1. The highest BCUT2D eigenvalue weighted by molar-refractivity contribution is 7.89. The minimum Gasteiger partial charge on any atom is -0.379 e. The number of carbonyl (C=O) groups excluding carboxylic acids is 1. The van der Waals surface area contributed by atoms with Crippen molar-refractivity contribution in [2.75, 3.05) is 26.3 Å². The highest BCUT2D eigenvalue weighted by atomic mass is 32.2. The molecule has 0 aliphatic carbocycles. The van der Waals surface area contributed by atoms with Crippen LogP contribution in [0.4, 0.5) is 0 Å². The molecule has 2 heterocycles. The molecule has 0 unspecified atom stereocenters. The van der Waals surface area contributed by atoms with E-state index in [0.717, 1.165) is 31.9 Å². The van der Waals surface area contributed by atoms with Gasteiger partial charge in [0, 0.05) is 19.6 Å². The van der Waals surface area contributed by atoms with Gasteiger partial charge in [-0.3, -0.25) is 4.79 Å². The number of rotatable bonds is 7. The molecular weight excluding hydrogens is 482 g/mol. The number of benzene rings is 3. The Morgan fingerprint density at radius 1 is 0.971 bits per heavy atom. The topological polar surface area (TPSA) is 88.6 Å². The SMILES string of the molecule is O=C(Cc1nc2ccc(-c3ccccc3)cc2s1)NCc1ccc(S(=O)(=O)N2CCOCC2)cc1. The second-order valence-electron chi connectivity index (χ2n) is 8.27. The molecule has 1 fully saturated rings. The molecule has 1 aliphatic heterocycles. The number of hydrogen-bond acceptors (Lipinski definition) is 6. The Morgan fingerprint density at radius 3 is 2.46 bits per heavy atom. The monoisotopic (exact) mass is 507 g/mol. The summed E-state index contributed by atoms with van der Waals surface area (Å²) in [7, 11) is -3.53. The molecule has 4 aromatic rings. The molecule has 5 rings (SSSR count). The normalized spacial score (nSPS) is 14.7. The summed E-state index contributed by atoms with van der Waals surface area (Å²) in [6, 6.07) is 22.9. The molecular formula is C26H25N3O4S2. The van der Waals surface area contributed by atoms with Crippen molar-refractivity contribution < 1.29 is 17.9 Å². The maximum Gasteiger partial charge on any atom is 0.243 e. The molecule has 1 aliphatic rings. The van der Waals surface area contributed by atoms with Crippen molar-refractivity contribution >= 4 is 37.5 Å². The lowest BCUT2D eigenvalue weighted by Gasteiger charge is -2.26. The van der Waals surface area contributed by atoms with E-state index in [0.29, 0.717) is 32.8 Å². The van der Waals surface area contributed by atoms with Crippen LogP contribution in [0.5, 0.6) is 0 Å². The number of morpholine rings is 1. The van der Waals surface area contributed by atoms with Gasteiger partial charge in [-0.15, -0.1) is 11.3 Å². The molecule has 7 nitrogen and oxygen atoms in total. The summed E-state index contributed by atoms with van der Waals surface area (Å²) in [5, 5.41) is 3.66. The van der Waals surface area contributed by atoms with Crippen LogP contribution < -0.4 is 5.32 Å². The van der Waals surface area contributed by atoms with Gasteiger partial charge in [-0.05, 0) is 41.0 Å². The van der Waals surface area contributed by atoms with Crippen molar-refractivity contribution in [3.8, 4) is 11.1 Å². The molecule has 0 atom stereocenters. The smallest absolute Gasteiger partial charge is 0.243 e. The van der Waals surface area contributed by atoms with Gasteiger partial charge in [-0.2, -0.15) is 4.31 Å². The van der Waals surface area contributed by atoms with Crippen molar-refractivity contribution in [2.24, 2.45) is 0 Å². The first kappa shape index (κ1) is 23.6. The number of sulfonamides is 1. The van der Waals surface area contributed by atoms with Gasteiger partial charge in [-0.25, -0.2) is 13.4 Å². The van der Waals surface area contributed by atoms with Gasteiger partial charge in [0.1, 0.15) is 5.01 Å². The zero-order valence-electron chi connectivity index (χ0n) is 19.0. The van der Waals surface area contributed by atoms with Gasteiger partial charge in [-0.1, -0.05) is 48.5 Å². The predicted molar refractivity (Wildman–Crippen MR) is 137 cm³/mol. The van der Waals surface area contributed by atoms with Gasteiger partial charge in [0.25, 0.3) is 0 Å². The van der Waals surface area contributed by atoms with Crippen LogP contribution in [0, 0.1) is 0 Å². The van der Waals surface area contributed by atoms with Crippen molar-refractivity contribution in [1.29, 1.82) is 0 Å². The molecule has 0 bridgehead atoms. The number of amides is 1. The molecule has 35 heavy (non-hydrogen) atoms. The molecule has 1 amide bonds. The Balaban J connectivity index is 1.19. The van der Waals surface area contributed by atoms with E-state index in [1.165, 1.54) is 15.6 Å². The van der Waals surface area contributed by atoms with E-state index in [2.05, 4.69) is 28.5 Å². The van der Waals surface area contributed by atoms with E-state index >= 15 is 0 Å². The number of hydrogen-bond donors (Lipinski definition) is 1. The Morgan fingerprint density at radius 2 is 1.71 bits per heavy atom. The van der Waals surface area contributed by atoms with Gasteiger partial charge in [0.2, 0.25) is 15.9 Å². The van der Waals surface area contributed by atoms with Crippen LogP contribution in [-0.4, -0.2) is 49.9 Å². The van der Waals surface area contributed by atoms with E-state index < -0.39 is 10.0 Å². The summed E-state index contributed by atoms with van der Waals surface area (Å²) in [5.74, 6) is -0.127. The predicted octanol–water partition coefficient (Wildman–Crippen LogP) is 3.84. The summed E-state index contributed by atoms with van der Waals surface area (Å²) in [6.45, 7) is 1.86. The van der Waals surface area contributed by atoms with Gasteiger partial charge in [0.05, 0.1) is 34.7 Å². The third-order valence-corrected chi connectivity index (χ3v) is 8.80. The molecule has 1 saturated heterocycles.